The van der Waals surface area contributed by atoms with Crippen molar-refractivity contribution in [2.75, 3.05) is 6.61 Å². The standard InChI is InChI=1S/C13H16Cl2O3/c1-2-8-18-12(17)7-6-11(16)13-9(14)4-3-5-10(13)15/h3-5,11,16H,2,6-8H2,1H3. The zero-order valence-electron chi connectivity index (χ0n) is 10.2. The lowest BCUT2D eigenvalue weighted by Gasteiger charge is -2.13. The molecule has 0 aliphatic heterocycles. The average Bonchev–Trinajstić information content (AvgIpc) is 2.33. The monoisotopic (exact) mass is 290 g/mol. The molecule has 0 bridgehead atoms. The molecule has 100 valence electrons. The summed E-state index contributed by atoms with van der Waals surface area (Å²) in [5.74, 6) is -0.320. The molecule has 0 heterocycles. The fraction of sp³-hybridized carbons (Fsp3) is 0.462. The van der Waals surface area contributed by atoms with Gasteiger partial charge in [0.15, 0.2) is 0 Å². The van der Waals surface area contributed by atoms with Crippen molar-refractivity contribution in [1.29, 1.82) is 0 Å². The van der Waals surface area contributed by atoms with Gasteiger partial charge in [-0.25, -0.2) is 0 Å². The van der Waals surface area contributed by atoms with Crippen molar-refractivity contribution in [3.05, 3.63) is 33.8 Å². The summed E-state index contributed by atoms with van der Waals surface area (Å²) in [5, 5.41) is 10.8. The van der Waals surface area contributed by atoms with E-state index in [0.717, 1.165) is 6.42 Å². The van der Waals surface area contributed by atoms with Crippen molar-refractivity contribution in [3.63, 3.8) is 0 Å². The van der Waals surface area contributed by atoms with E-state index < -0.39 is 6.10 Å². The zero-order valence-corrected chi connectivity index (χ0v) is 11.7. The van der Waals surface area contributed by atoms with Crippen LogP contribution in [-0.4, -0.2) is 17.7 Å². The van der Waals surface area contributed by atoms with Crippen LogP contribution in [-0.2, 0) is 9.53 Å². The van der Waals surface area contributed by atoms with Crippen molar-refractivity contribution in [3.8, 4) is 0 Å². The molecule has 1 N–H and O–H groups in total. The van der Waals surface area contributed by atoms with E-state index in [1.54, 1.807) is 18.2 Å². The van der Waals surface area contributed by atoms with E-state index in [2.05, 4.69) is 0 Å². The Morgan fingerprint density at radius 1 is 1.39 bits per heavy atom. The smallest absolute Gasteiger partial charge is 0.305 e. The normalized spacial score (nSPS) is 12.2. The Morgan fingerprint density at radius 3 is 2.56 bits per heavy atom. The lowest BCUT2D eigenvalue weighted by atomic mass is 10.0. The van der Waals surface area contributed by atoms with E-state index in [1.165, 1.54) is 0 Å². The molecule has 1 rings (SSSR count). The molecule has 0 fully saturated rings. The average molecular weight is 291 g/mol. The van der Waals surface area contributed by atoms with Gasteiger partial charge in [-0.3, -0.25) is 4.79 Å². The predicted octanol–water partition coefficient (Wildman–Crippen LogP) is 3.76. The molecule has 0 saturated heterocycles. The van der Waals surface area contributed by atoms with Gasteiger partial charge in [0.1, 0.15) is 0 Å². The highest BCUT2D eigenvalue weighted by atomic mass is 35.5. The number of aliphatic hydroxyl groups excluding tert-OH is 1. The third kappa shape index (κ3) is 4.48. The number of carbonyl (C=O) groups is 1. The molecule has 0 aliphatic rings. The molecular formula is C13H16Cl2O3. The summed E-state index contributed by atoms with van der Waals surface area (Å²) in [7, 11) is 0. The first-order valence-corrected chi connectivity index (χ1v) is 6.59. The molecule has 18 heavy (non-hydrogen) atoms. The van der Waals surface area contributed by atoms with E-state index >= 15 is 0 Å². The van der Waals surface area contributed by atoms with Gasteiger partial charge in [0.05, 0.1) is 12.7 Å². The van der Waals surface area contributed by atoms with E-state index in [-0.39, 0.29) is 18.8 Å². The summed E-state index contributed by atoms with van der Waals surface area (Å²) < 4.78 is 4.92. The van der Waals surface area contributed by atoms with Crippen LogP contribution in [0.3, 0.4) is 0 Å². The first-order chi connectivity index (χ1) is 8.56. The minimum atomic E-state index is -0.861. The summed E-state index contributed by atoms with van der Waals surface area (Å²) in [6, 6.07) is 5.01. The van der Waals surface area contributed by atoms with Crippen molar-refractivity contribution < 1.29 is 14.6 Å². The third-order valence-electron chi connectivity index (χ3n) is 2.42. The molecule has 3 nitrogen and oxygen atoms in total. The predicted molar refractivity (Wildman–Crippen MR) is 71.9 cm³/mol. The van der Waals surface area contributed by atoms with Gasteiger partial charge in [0.25, 0.3) is 0 Å². The highest BCUT2D eigenvalue weighted by Crippen LogP contribution is 2.32. The lowest BCUT2D eigenvalue weighted by Crippen LogP contribution is -2.08. The number of benzene rings is 1. The summed E-state index contributed by atoms with van der Waals surface area (Å²) in [6.45, 7) is 2.33. The molecule has 1 aromatic rings. The Bertz CT molecular complexity index is 387. The molecule has 5 heteroatoms. The lowest BCUT2D eigenvalue weighted by molar-refractivity contribution is -0.144. The molecule has 0 spiro atoms. The Labute approximate surface area is 117 Å². The maximum atomic E-state index is 11.3. The van der Waals surface area contributed by atoms with Gasteiger partial charge in [-0.2, -0.15) is 0 Å². The molecule has 0 aliphatic carbocycles. The van der Waals surface area contributed by atoms with E-state index in [1.807, 2.05) is 6.92 Å². The molecule has 0 radical (unpaired) electrons. The minimum absolute atomic E-state index is 0.142. The van der Waals surface area contributed by atoms with Gasteiger partial charge >= 0.3 is 5.97 Å². The third-order valence-corrected chi connectivity index (χ3v) is 3.08. The fourth-order valence-electron chi connectivity index (χ4n) is 1.52. The maximum Gasteiger partial charge on any atom is 0.305 e. The van der Waals surface area contributed by atoms with Crippen LogP contribution < -0.4 is 0 Å². The topological polar surface area (TPSA) is 46.5 Å². The summed E-state index contributed by atoms with van der Waals surface area (Å²) >= 11 is 11.9. The van der Waals surface area contributed by atoms with Crippen LogP contribution in [0, 0.1) is 0 Å². The van der Waals surface area contributed by atoms with Crippen molar-refractivity contribution in [1.82, 2.24) is 0 Å². The summed E-state index contributed by atoms with van der Waals surface area (Å²) in [4.78, 5) is 11.3. The first-order valence-electron chi connectivity index (χ1n) is 5.83. The van der Waals surface area contributed by atoms with Crippen LogP contribution in [0.15, 0.2) is 18.2 Å². The Morgan fingerprint density at radius 2 is 2.00 bits per heavy atom. The Balaban J connectivity index is 2.55. The summed E-state index contributed by atoms with van der Waals surface area (Å²) in [6.07, 6.45) is 0.305. The highest BCUT2D eigenvalue weighted by Gasteiger charge is 2.17. The number of ether oxygens (including phenoxy) is 1. The van der Waals surface area contributed by atoms with E-state index in [9.17, 15) is 9.90 Å². The molecule has 1 unspecified atom stereocenters. The molecule has 0 saturated carbocycles. The van der Waals surface area contributed by atoms with Crippen LogP contribution >= 0.6 is 23.2 Å². The van der Waals surface area contributed by atoms with E-state index in [4.69, 9.17) is 27.9 Å². The number of carbonyl (C=O) groups excluding carboxylic acids is 1. The Hall–Kier alpha value is -0.770. The number of rotatable bonds is 6. The minimum Gasteiger partial charge on any atom is -0.466 e. The summed E-state index contributed by atoms with van der Waals surface area (Å²) in [5.41, 5.74) is 0.462. The number of halogens is 2. The van der Waals surface area contributed by atoms with Gasteiger partial charge in [0, 0.05) is 22.0 Å². The number of esters is 1. The van der Waals surface area contributed by atoms with Crippen molar-refractivity contribution in [2.45, 2.75) is 32.3 Å². The molecule has 1 atom stereocenters. The van der Waals surface area contributed by atoms with Crippen LogP contribution in [0.4, 0.5) is 0 Å². The molecule has 1 aromatic carbocycles. The van der Waals surface area contributed by atoms with Crippen LogP contribution in [0.5, 0.6) is 0 Å². The Kier molecular flexibility index (Phi) is 6.47. The van der Waals surface area contributed by atoms with Crippen LogP contribution in [0.1, 0.15) is 37.9 Å². The van der Waals surface area contributed by atoms with Crippen LogP contribution in [0.2, 0.25) is 10.0 Å². The van der Waals surface area contributed by atoms with Crippen molar-refractivity contribution >= 4 is 29.2 Å². The molecule has 0 aromatic heterocycles. The van der Waals surface area contributed by atoms with Gasteiger partial charge in [-0.15, -0.1) is 0 Å². The second kappa shape index (κ2) is 7.62. The largest absolute Gasteiger partial charge is 0.466 e. The van der Waals surface area contributed by atoms with Gasteiger partial charge in [-0.1, -0.05) is 36.2 Å². The van der Waals surface area contributed by atoms with Gasteiger partial charge < -0.3 is 9.84 Å². The van der Waals surface area contributed by atoms with Gasteiger partial charge in [0.2, 0.25) is 0 Å². The number of hydrogen-bond donors (Lipinski definition) is 1. The maximum absolute atomic E-state index is 11.3. The van der Waals surface area contributed by atoms with Crippen LogP contribution in [0.25, 0.3) is 0 Å². The number of aliphatic hydroxyl groups is 1. The first kappa shape index (κ1) is 15.3. The zero-order chi connectivity index (χ0) is 13.5. The molecular weight excluding hydrogens is 275 g/mol. The SMILES string of the molecule is CCCOC(=O)CCC(O)c1c(Cl)cccc1Cl. The van der Waals surface area contributed by atoms with Gasteiger partial charge in [-0.05, 0) is 25.0 Å². The second-order valence-electron chi connectivity index (χ2n) is 3.91. The van der Waals surface area contributed by atoms with E-state index in [0.29, 0.717) is 22.2 Å². The fourth-order valence-corrected chi connectivity index (χ4v) is 2.17. The van der Waals surface area contributed by atoms with Crippen molar-refractivity contribution in [2.24, 2.45) is 0 Å². The number of hydrogen-bond acceptors (Lipinski definition) is 3. The highest BCUT2D eigenvalue weighted by molar-refractivity contribution is 6.36. The quantitative estimate of drug-likeness (QED) is 0.812. The molecule has 0 amide bonds. The second-order valence-corrected chi connectivity index (χ2v) is 4.72.